The van der Waals surface area contributed by atoms with Crippen LogP contribution in [0.4, 0.5) is 5.69 Å². The lowest BCUT2D eigenvalue weighted by Crippen LogP contribution is -2.11. The number of rotatable bonds is 3. The number of nitrogens with zero attached hydrogens (tertiary/aromatic N) is 3. The summed E-state index contributed by atoms with van der Waals surface area (Å²) in [5.41, 5.74) is 0.231. The van der Waals surface area contributed by atoms with Gasteiger partial charge in [0.25, 0.3) is 11.2 Å². The Kier molecular flexibility index (Phi) is 3.87. The van der Waals surface area contributed by atoms with Crippen LogP contribution >= 0.6 is 0 Å². The minimum Gasteiger partial charge on any atom is -0.305 e. The van der Waals surface area contributed by atoms with Crippen LogP contribution in [-0.2, 0) is 0 Å². The van der Waals surface area contributed by atoms with Gasteiger partial charge in [0.05, 0.1) is 27.0 Å². The molecule has 3 aromatic rings. The molecular weight excluding hydrogens is 308 g/mol. The monoisotopic (exact) mass is 318 g/mol. The molecule has 1 N–H and O–H groups in total. The summed E-state index contributed by atoms with van der Waals surface area (Å²) < 4.78 is 0. The van der Waals surface area contributed by atoms with Gasteiger partial charge >= 0.3 is 0 Å². The van der Waals surface area contributed by atoms with Gasteiger partial charge in [-0.1, -0.05) is 24.3 Å². The summed E-state index contributed by atoms with van der Waals surface area (Å²) in [7, 11) is 0. The first-order valence-corrected chi connectivity index (χ1v) is 6.95. The first-order valence-electron chi connectivity index (χ1n) is 6.95. The molecule has 0 fully saturated rings. The van der Waals surface area contributed by atoms with Crippen LogP contribution in [0, 0.1) is 21.4 Å². The van der Waals surface area contributed by atoms with Crippen LogP contribution in [0.5, 0.6) is 0 Å². The van der Waals surface area contributed by atoms with Crippen LogP contribution in [-0.4, -0.2) is 14.9 Å². The number of nitro benzene ring substituents is 1. The van der Waals surface area contributed by atoms with E-state index >= 15 is 0 Å². The summed E-state index contributed by atoms with van der Waals surface area (Å²) in [6.45, 7) is 0. The number of fused-ring (bicyclic) bond motifs is 1. The van der Waals surface area contributed by atoms with Crippen molar-refractivity contribution in [3.8, 4) is 6.07 Å². The van der Waals surface area contributed by atoms with E-state index in [-0.39, 0.29) is 28.2 Å². The van der Waals surface area contributed by atoms with Crippen molar-refractivity contribution in [2.45, 2.75) is 0 Å². The maximum atomic E-state index is 12.1. The van der Waals surface area contributed by atoms with Crippen molar-refractivity contribution >= 4 is 28.2 Å². The van der Waals surface area contributed by atoms with E-state index in [0.717, 1.165) is 0 Å². The van der Waals surface area contributed by atoms with Gasteiger partial charge in [0, 0.05) is 6.07 Å². The number of nitrogens with one attached hydrogen (secondary N) is 1. The number of hydrogen-bond donors (Lipinski definition) is 1. The summed E-state index contributed by atoms with van der Waals surface area (Å²) in [6, 6.07) is 14.7. The van der Waals surface area contributed by atoms with Crippen molar-refractivity contribution in [2.24, 2.45) is 0 Å². The highest BCUT2D eigenvalue weighted by molar-refractivity contribution is 5.90. The molecule has 0 bridgehead atoms. The minimum absolute atomic E-state index is 0.0344. The number of hydrogen-bond acceptors (Lipinski definition) is 5. The molecule has 0 radical (unpaired) electrons. The Labute approximate surface area is 135 Å². The summed E-state index contributed by atoms with van der Waals surface area (Å²) in [5, 5.41) is 20.9. The number of aromatic amines is 1. The number of H-pyrrole nitrogens is 1. The van der Waals surface area contributed by atoms with Crippen molar-refractivity contribution in [2.75, 3.05) is 0 Å². The Morgan fingerprint density at radius 3 is 2.67 bits per heavy atom. The quantitative estimate of drug-likeness (QED) is 0.453. The molecular formula is C17H10N4O3. The van der Waals surface area contributed by atoms with E-state index in [4.69, 9.17) is 0 Å². The molecule has 7 heteroatoms. The highest BCUT2D eigenvalue weighted by Crippen LogP contribution is 2.23. The molecule has 0 aliphatic carbocycles. The maximum Gasteiger partial charge on any atom is 0.276 e. The lowest BCUT2D eigenvalue weighted by Gasteiger charge is -2.02. The predicted octanol–water partition coefficient (Wildman–Crippen LogP) is 2.90. The largest absolute Gasteiger partial charge is 0.305 e. The molecule has 1 heterocycles. The summed E-state index contributed by atoms with van der Waals surface area (Å²) in [4.78, 5) is 29.5. The van der Waals surface area contributed by atoms with Gasteiger partial charge in [-0.25, -0.2) is 4.98 Å². The van der Waals surface area contributed by atoms with E-state index in [1.54, 1.807) is 30.3 Å². The Morgan fingerprint density at radius 1 is 1.21 bits per heavy atom. The van der Waals surface area contributed by atoms with Crippen LogP contribution in [0.2, 0.25) is 0 Å². The molecule has 0 unspecified atom stereocenters. The smallest absolute Gasteiger partial charge is 0.276 e. The molecule has 0 saturated heterocycles. The van der Waals surface area contributed by atoms with E-state index in [1.807, 2.05) is 6.07 Å². The van der Waals surface area contributed by atoms with Crippen molar-refractivity contribution in [1.29, 1.82) is 5.26 Å². The Bertz CT molecular complexity index is 1080. The average Bonchev–Trinajstić information content (AvgIpc) is 2.59. The summed E-state index contributed by atoms with van der Waals surface area (Å²) in [5.74, 6) is 0.0688. The average molecular weight is 318 g/mol. The van der Waals surface area contributed by atoms with Gasteiger partial charge in [0.15, 0.2) is 5.82 Å². The summed E-state index contributed by atoms with van der Waals surface area (Å²) in [6.07, 6.45) is 1.34. The Hall–Kier alpha value is -3.79. The molecule has 0 saturated carbocycles. The zero-order chi connectivity index (χ0) is 17.1. The van der Waals surface area contributed by atoms with Gasteiger partial charge in [-0.15, -0.1) is 0 Å². The molecule has 0 amide bonds. The van der Waals surface area contributed by atoms with Crippen molar-refractivity contribution in [3.05, 3.63) is 80.4 Å². The zero-order valence-electron chi connectivity index (χ0n) is 12.3. The van der Waals surface area contributed by atoms with Gasteiger partial charge in [0.1, 0.15) is 6.07 Å². The highest BCUT2D eigenvalue weighted by Gasteiger charge is 2.13. The molecule has 0 atom stereocenters. The van der Waals surface area contributed by atoms with E-state index < -0.39 is 4.92 Å². The van der Waals surface area contributed by atoms with E-state index in [1.165, 1.54) is 24.3 Å². The van der Waals surface area contributed by atoms with Crippen LogP contribution < -0.4 is 5.56 Å². The van der Waals surface area contributed by atoms with E-state index in [2.05, 4.69) is 9.97 Å². The lowest BCUT2D eigenvalue weighted by molar-refractivity contribution is -0.385. The lowest BCUT2D eigenvalue weighted by atomic mass is 10.1. The molecule has 2 aromatic carbocycles. The van der Waals surface area contributed by atoms with Gasteiger partial charge in [-0.3, -0.25) is 14.9 Å². The van der Waals surface area contributed by atoms with Crippen LogP contribution in [0.15, 0.2) is 53.3 Å². The topological polar surface area (TPSA) is 113 Å². The molecule has 24 heavy (non-hydrogen) atoms. The van der Waals surface area contributed by atoms with Gasteiger partial charge in [-0.05, 0) is 24.3 Å². The number of nitro groups is 1. The third kappa shape index (κ3) is 2.76. The first kappa shape index (κ1) is 15.1. The number of para-hydroxylation sites is 2. The first-order chi connectivity index (χ1) is 11.6. The number of nitriles is 1. The van der Waals surface area contributed by atoms with Crippen molar-refractivity contribution < 1.29 is 4.92 Å². The van der Waals surface area contributed by atoms with E-state index in [9.17, 15) is 20.2 Å². The minimum atomic E-state index is -0.530. The van der Waals surface area contributed by atoms with Gasteiger partial charge < -0.3 is 4.98 Å². The van der Waals surface area contributed by atoms with E-state index in [0.29, 0.717) is 10.9 Å². The van der Waals surface area contributed by atoms with Crippen LogP contribution in [0.3, 0.4) is 0 Å². The molecule has 0 aliphatic heterocycles. The zero-order valence-corrected chi connectivity index (χ0v) is 12.3. The van der Waals surface area contributed by atoms with Crippen molar-refractivity contribution in [3.63, 3.8) is 0 Å². The molecule has 3 rings (SSSR count). The molecule has 7 nitrogen and oxygen atoms in total. The van der Waals surface area contributed by atoms with Crippen LogP contribution in [0.25, 0.3) is 22.6 Å². The Morgan fingerprint density at radius 2 is 1.92 bits per heavy atom. The number of allylic oxidation sites excluding steroid dienone is 1. The van der Waals surface area contributed by atoms with Gasteiger partial charge in [0.2, 0.25) is 0 Å². The van der Waals surface area contributed by atoms with Gasteiger partial charge in [-0.2, -0.15) is 5.26 Å². The molecule has 116 valence electrons. The number of benzene rings is 2. The summed E-state index contributed by atoms with van der Waals surface area (Å²) >= 11 is 0. The number of aromatic nitrogens is 2. The molecule has 1 aromatic heterocycles. The second kappa shape index (κ2) is 6.14. The molecule has 0 spiro atoms. The second-order valence-electron chi connectivity index (χ2n) is 4.92. The molecule has 0 aliphatic rings. The SMILES string of the molecule is N#C/C(=C\c1ccccc1[N+](=O)[O-])c1nc2ccccc2c(=O)[nH]1. The predicted molar refractivity (Wildman–Crippen MR) is 88.9 cm³/mol. The standard InChI is InChI=1S/C17H10N4O3/c18-10-12(9-11-5-1-4-8-15(11)21(23)24)16-19-14-7-3-2-6-13(14)17(22)20-16/h1-9H,(H,19,20,22)/b12-9+. The second-order valence-corrected chi connectivity index (χ2v) is 4.92. The maximum absolute atomic E-state index is 12.1. The van der Waals surface area contributed by atoms with Crippen LogP contribution in [0.1, 0.15) is 11.4 Å². The van der Waals surface area contributed by atoms with Crippen molar-refractivity contribution in [1.82, 2.24) is 9.97 Å². The third-order valence-electron chi connectivity index (χ3n) is 3.42. The fraction of sp³-hybridized carbons (Fsp3) is 0. The normalized spacial score (nSPS) is 11.2. The highest BCUT2D eigenvalue weighted by atomic mass is 16.6. The Balaban J connectivity index is 2.19. The fourth-order valence-corrected chi connectivity index (χ4v) is 2.30. The third-order valence-corrected chi connectivity index (χ3v) is 3.42. The fourth-order valence-electron chi connectivity index (χ4n) is 2.30.